The van der Waals surface area contributed by atoms with Crippen molar-refractivity contribution in [2.24, 2.45) is 7.05 Å². The first-order valence-electron chi connectivity index (χ1n) is 8.25. The molecule has 126 valence electrons. The molecule has 1 aliphatic rings. The summed E-state index contributed by atoms with van der Waals surface area (Å²) in [5.74, 6) is -0.311. The Morgan fingerprint density at radius 3 is 2.62 bits per heavy atom. The van der Waals surface area contributed by atoms with Gasteiger partial charge in [-0.2, -0.15) is 5.10 Å². The van der Waals surface area contributed by atoms with Crippen LogP contribution in [0.2, 0.25) is 0 Å². The maximum atomic E-state index is 12.8. The number of aryl methyl sites for hydroxylation is 2. The van der Waals surface area contributed by atoms with Gasteiger partial charge in [-0.05, 0) is 38.3 Å². The zero-order valence-electron chi connectivity index (χ0n) is 14.1. The molecule has 2 aromatic rings. The van der Waals surface area contributed by atoms with Crippen molar-refractivity contribution in [3.8, 4) is 0 Å². The standard InChI is InChI=1S/C18H22N4O2/c1-13-7-6-8-14(11-13)17(23)20-15-12-19-21(2)16(15)18(24)22-9-4-3-5-10-22/h6-8,11-12H,3-5,9-10H2,1-2H3,(H,20,23). The van der Waals surface area contributed by atoms with Crippen LogP contribution < -0.4 is 5.32 Å². The largest absolute Gasteiger partial charge is 0.337 e. The molecule has 6 heteroatoms. The van der Waals surface area contributed by atoms with Crippen molar-refractivity contribution in [2.45, 2.75) is 26.2 Å². The first kappa shape index (κ1) is 16.2. The van der Waals surface area contributed by atoms with Crippen LogP contribution in [0.5, 0.6) is 0 Å². The van der Waals surface area contributed by atoms with Gasteiger partial charge in [-0.25, -0.2) is 0 Å². The van der Waals surface area contributed by atoms with Crippen LogP contribution in [0.3, 0.4) is 0 Å². The van der Waals surface area contributed by atoms with E-state index in [9.17, 15) is 9.59 Å². The molecule has 0 radical (unpaired) electrons. The molecule has 0 atom stereocenters. The molecule has 0 saturated carbocycles. The lowest BCUT2D eigenvalue weighted by atomic mass is 10.1. The molecule has 24 heavy (non-hydrogen) atoms. The second-order valence-electron chi connectivity index (χ2n) is 6.21. The first-order valence-corrected chi connectivity index (χ1v) is 8.25. The number of hydrogen-bond acceptors (Lipinski definition) is 3. The molecule has 1 aromatic heterocycles. The summed E-state index contributed by atoms with van der Waals surface area (Å²) in [6, 6.07) is 7.35. The summed E-state index contributed by atoms with van der Waals surface area (Å²) in [5, 5.41) is 6.98. The van der Waals surface area contributed by atoms with Crippen LogP contribution in [0.15, 0.2) is 30.5 Å². The first-order chi connectivity index (χ1) is 11.6. The van der Waals surface area contributed by atoms with Crippen LogP contribution in [0, 0.1) is 6.92 Å². The molecule has 2 amide bonds. The minimum absolute atomic E-state index is 0.0748. The van der Waals surface area contributed by atoms with Gasteiger partial charge in [0.1, 0.15) is 5.69 Å². The van der Waals surface area contributed by atoms with E-state index in [1.165, 1.54) is 10.9 Å². The summed E-state index contributed by atoms with van der Waals surface area (Å²) < 4.78 is 1.53. The lowest BCUT2D eigenvalue weighted by Gasteiger charge is -2.27. The third-order valence-corrected chi connectivity index (χ3v) is 4.31. The SMILES string of the molecule is Cc1cccc(C(=O)Nc2cnn(C)c2C(=O)N2CCCCC2)c1. The minimum Gasteiger partial charge on any atom is -0.337 e. The van der Waals surface area contributed by atoms with Gasteiger partial charge in [0.05, 0.1) is 11.9 Å². The average molecular weight is 326 g/mol. The molecular formula is C18H22N4O2. The summed E-state index contributed by atoms with van der Waals surface area (Å²) >= 11 is 0. The normalized spacial score (nSPS) is 14.5. The highest BCUT2D eigenvalue weighted by Crippen LogP contribution is 2.20. The Labute approximate surface area is 141 Å². The summed E-state index contributed by atoms with van der Waals surface area (Å²) in [6.45, 7) is 3.46. The number of hydrogen-bond donors (Lipinski definition) is 1. The number of aromatic nitrogens is 2. The molecule has 0 unspecified atom stereocenters. The lowest BCUT2D eigenvalue weighted by Crippen LogP contribution is -2.37. The number of likely N-dealkylation sites (tertiary alicyclic amines) is 1. The molecule has 1 aliphatic heterocycles. The van der Waals surface area contributed by atoms with E-state index in [2.05, 4.69) is 10.4 Å². The van der Waals surface area contributed by atoms with Gasteiger partial charge in [0.15, 0.2) is 0 Å². The maximum Gasteiger partial charge on any atom is 0.274 e. The maximum absolute atomic E-state index is 12.8. The van der Waals surface area contributed by atoms with Crippen molar-refractivity contribution in [1.29, 1.82) is 0 Å². The molecule has 3 rings (SSSR count). The van der Waals surface area contributed by atoms with E-state index < -0.39 is 0 Å². The molecule has 1 aromatic carbocycles. The molecule has 1 fully saturated rings. The Morgan fingerprint density at radius 2 is 1.92 bits per heavy atom. The molecule has 0 spiro atoms. The van der Waals surface area contributed by atoms with E-state index in [0.717, 1.165) is 37.9 Å². The average Bonchev–Trinajstić information content (AvgIpc) is 2.95. The summed E-state index contributed by atoms with van der Waals surface area (Å²) in [6.07, 6.45) is 4.74. The monoisotopic (exact) mass is 326 g/mol. The predicted molar refractivity (Wildman–Crippen MR) is 92.1 cm³/mol. The second-order valence-corrected chi connectivity index (χ2v) is 6.21. The lowest BCUT2D eigenvalue weighted by molar-refractivity contribution is 0.0714. The highest BCUT2D eigenvalue weighted by Gasteiger charge is 2.25. The minimum atomic E-state index is -0.237. The number of carbonyl (C=O) groups is 2. The van der Waals surface area contributed by atoms with E-state index in [4.69, 9.17) is 0 Å². The third kappa shape index (κ3) is 3.32. The molecule has 0 bridgehead atoms. The zero-order valence-corrected chi connectivity index (χ0v) is 14.1. The van der Waals surface area contributed by atoms with E-state index in [1.54, 1.807) is 13.1 Å². The predicted octanol–water partition coefficient (Wildman–Crippen LogP) is 2.61. The van der Waals surface area contributed by atoms with Gasteiger partial charge in [-0.15, -0.1) is 0 Å². The zero-order chi connectivity index (χ0) is 17.1. The Hall–Kier alpha value is -2.63. The summed E-state index contributed by atoms with van der Waals surface area (Å²) in [4.78, 5) is 27.1. The molecular weight excluding hydrogens is 304 g/mol. The third-order valence-electron chi connectivity index (χ3n) is 4.31. The Kier molecular flexibility index (Phi) is 4.64. The number of carbonyl (C=O) groups excluding carboxylic acids is 2. The van der Waals surface area contributed by atoms with Crippen molar-refractivity contribution in [3.63, 3.8) is 0 Å². The molecule has 1 N–H and O–H groups in total. The van der Waals surface area contributed by atoms with Crippen molar-refractivity contribution in [1.82, 2.24) is 14.7 Å². The van der Waals surface area contributed by atoms with E-state index >= 15 is 0 Å². The van der Waals surface area contributed by atoms with E-state index in [0.29, 0.717) is 16.9 Å². The van der Waals surface area contributed by atoms with Gasteiger partial charge >= 0.3 is 0 Å². The van der Waals surface area contributed by atoms with Crippen LogP contribution in [0.25, 0.3) is 0 Å². The summed E-state index contributed by atoms with van der Waals surface area (Å²) in [5.41, 5.74) is 2.46. The number of nitrogens with zero attached hydrogens (tertiary/aromatic N) is 3. The van der Waals surface area contributed by atoms with E-state index in [-0.39, 0.29) is 11.8 Å². The van der Waals surface area contributed by atoms with Crippen molar-refractivity contribution < 1.29 is 9.59 Å². The fourth-order valence-electron chi connectivity index (χ4n) is 3.01. The smallest absolute Gasteiger partial charge is 0.274 e. The van der Waals surface area contributed by atoms with Crippen molar-refractivity contribution >= 4 is 17.5 Å². The number of nitrogens with one attached hydrogen (secondary N) is 1. The van der Waals surface area contributed by atoms with Crippen molar-refractivity contribution in [2.75, 3.05) is 18.4 Å². The topological polar surface area (TPSA) is 67.2 Å². The van der Waals surface area contributed by atoms with Gasteiger partial charge in [0, 0.05) is 25.7 Å². The highest BCUT2D eigenvalue weighted by atomic mass is 16.2. The molecule has 6 nitrogen and oxygen atoms in total. The molecule has 0 aliphatic carbocycles. The number of rotatable bonds is 3. The van der Waals surface area contributed by atoms with Gasteiger partial charge in [0.2, 0.25) is 0 Å². The fourth-order valence-corrected chi connectivity index (χ4v) is 3.01. The molecule has 2 heterocycles. The Balaban J connectivity index is 1.82. The highest BCUT2D eigenvalue weighted by molar-refractivity contribution is 6.08. The number of amides is 2. The Bertz CT molecular complexity index is 760. The van der Waals surface area contributed by atoms with Crippen LogP contribution in [-0.2, 0) is 7.05 Å². The number of anilines is 1. The van der Waals surface area contributed by atoms with Crippen LogP contribution in [0.1, 0.15) is 45.7 Å². The quantitative estimate of drug-likeness (QED) is 0.943. The Morgan fingerprint density at radius 1 is 1.17 bits per heavy atom. The summed E-state index contributed by atoms with van der Waals surface area (Å²) in [7, 11) is 1.72. The van der Waals surface area contributed by atoms with Crippen molar-refractivity contribution in [3.05, 3.63) is 47.3 Å². The van der Waals surface area contributed by atoms with E-state index in [1.807, 2.05) is 30.0 Å². The van der Waals surface area contributed by atoms with Gasteiger partial charge in [-0.3, -0.25) is 14.3 Å². The van der Waals surface area contributed by atoms with Gasteiger partial charge in [0.25, 0.3) is 11.8 Å². The van der Waals surface area contributed by atoms with Gasteiger partial charge in [-0.1, -0.05) is 17.7 Å². The van der Waals surface area contributed by atoms with Crippen LogP contribution in [-0.4, -0.2) is 39.6 Å². The van der Waals surface area contributed by atoms with Crippen LogP contribution in [0.4, 0.5) is 5.69 Å². The molecule has 1 saturated heterocycles. The number of piperidine rings is 1. The second kappa shape index (κ2) is 6.86. The van der Waals surface area contributed by atoms with Crippen LogP contribution >= 0.6 is 0 Å². The number of benzene rings is 1. The fraction of sp³-hybridized carbons (Fsp3) is 0.389. The van der Waals surface area contributed by atoms with Gasteiger partial charge < -0.3 is 10.2 Å².